The summed E-state index contributed by atoms with van der Waals surface area (Å²) in [6.45, 7) is 5.83. The molecule has 2 saturated heterocycles. The van der Waals surface area contributed by atoms with Crippen molar-refractivity contribution in [2.45, 2.75) is 0 Å². The van der Waals surface area contributed by atoms with Crippen LogP contribution in [0.15, 0.2) is 71.0 Å². The average Bonchev–Trinajstić information content (AvgIpc) is 2.83. The molecule has 2 aliphatic heterocycles. The van der Waals surface area contributed by atoms with E-state index in [0.717, 1.165) is 37.3 Å². The molecule has 0 amide bonds. The van der Waals surface area contributed by atoms with E-state index in [-0.39, 0.29) is 0 Å². The van der Waals surface area contributed by atoms with E-state index >= 15 is 0 Å². The quantitative estimate of drug-likeness (QED) is 0.341. The van der Waals surface area contributed by atoms with E-state index in [4.69, 9.17) is 19.9 Å². The molecule has 0 atom stereocenters. The van der Waals surface area contributed by atoms with Crippen LogP contribution in [0.4, 0.5) is 0 Å². The molecule has 2 aromatic rings. The van der Waals surface area contributed by atoms with Gasteiger partial charge in [0.05, 0.1) is 26.4 Å². The van der Waals surface area contributed by atoms with Crippen LogP contribution in [0.25, 0.3) is 0 Å². The molecule has 2 N–H and O–H groups in total. The van der Waals surface area contributed by atoms with E-state index in [1.54, 1.807) is 0 Å². The highest BCUT2D eigenvalue weighted by Crippen LogP contribution is 2.09. The average molecular weight is 412 g/mol. The Balaban J connectivity index is 0.000000171. The molecule has 2 fully saturated rings. The molecule has 0 aromatic heterocycles. The highest BCUT2D eigenvalue weighted by molar-refractivity contribution is 5.98. The molecule has 2 aromatic carbocycles. The Morgan fingerprint density at radius 3 is 1.23 bits per heavy atom. The van der Waals surface area contributed by atoms with Crippen molar-refractivity contribution < 1.29 is 19.9 Å². The van der Waals surface area contributed by atoms with Crippen LogP contribution in [0.3, 0.4) is 0 Å². The first-order valence-corrected chi connectivity index (χ1v) is 10.0. The minimum atomic E-state index is 0.624. The minimum absolute atomic E-state index is 0.624. The highest BCUT2D eigenvalue weighted by Gasteiger charge is 2.17. The van der Waals surface area contributed by atoms with Gasteiger partial charge in [-0.25, -0.2) is 0 Å². The van der Waals surface area contributed by atoms with Gasteiger partial charge in [0.2, 0.25) is 0 Å². The van der Waals surface area contributed by atoms with Crippen molar-refractivity contribution in [3.8, 4) is 0 Å². The van der Waals surface area contributed by atoms with Crippen LogP contribution in [-0.2, 0) is 9.47 Å². The Hall–Kier alpha value is -3.10. The molecule has 0 aliphatic carbocycles. The topological polar surface area (TPSA) is 90.1 Å². The molecule has 0 saturated carbocycles. The maximum Gasteiger partial charge on any atom is 0.175 e. The fourth-order valence-corrected chi connectivity index (χ4v) is 3.33. The van der Waals surface area contributed by atoms with Gasteiger partial charge in [-0.2, -0.15) is 0 Å². The number of hydrogen-bond acceptors (Lipinski definition) is 6. The van der Waals surface area contributed by atoms with Gasteiger partial charge in [-0.1, -0.05) is 71.0 Å². The van der Waals surface area contributed by atoms with Crippen molar-refractivity contribution in [3.63, 3.8) is 0 Å². The van der Waals surface area contributed by atoms with Crippen LogP contribution in [-0.4, -0.2) is 84.5 Å². The van der Waals surface area contributed by atoms with Crippen molar-refractivity contribution in [2.75, 3.05) is 52.6 Å². The lowest BCUT2D eigenvalue weighted by Gasteiger charge is -2.28. The summed E-state index contributed by atoms with van der Waals surface area (Å²) in [6.07, 6.45) is 0. The molecule has 2 aliphatic rings. The molecule has 0 radical (unpaired) electrons. The van der Waals surface area contributed by atoms with Crippen molar-refractivity contribution in [1.29, 1.82) is 0 Å². The minimum Gasteiger partial charge on any atom is -0.409 e. The Kier molecular flexibility index (Phi) is 8.49. The maximum atomic E-state index is 9.04. The number of amidine groups is 2. The fourth-order valence-electron chi connectivity index (χ4n) is 3.33. The monoisotopic (exact) mass is 412 g/mol. The summed E-state index contributed by atoms with van der Waals surface area (Å²) in [5.74, 6) is 1.25. The molecule has 8 nitrogen and oxygen atoms in total. The van der Waals surface area contributed by atoms with E-state index in [1.165, 1.54) is 0 Å². The van der Waals surface area contributed by atoms with Crippen LogP contribution in [0.1, 0.15) is 11.1 Å². The molecule has 30 heavy (non-hydrogen) atoms. The second-order valence-electron chi connectivity index (χ2n) is 6.78. The summed E-state index contributed by atoms with van der Waals surface area (Å²) >= 11 is 0. The van der Waals surface area contributed by atoms with Gasteiger partial charge < -0.3 is 29.7 Å². The van der Waals surface area contributed by atoms with E-state index < -0.39 is 0 Å². The van der Waals surface area contributed by atoms with Crippen LogP contribution < -0.4 is 0 Å². The lowest BCUT2D eigenvalue weighted by molar-refractivity contribution is 0.0668. The zero-order valence-corrected chi connectivity index (χ0v) is 16.9. The summed E-state index contributed by atoms with van der Waals surface area (Å²) < 4.78 is 10.5. The lowest BCUT2D eigenvalue weighted by atomic mass is 10.2. The Bertz CT molecular complexity index is 733. The fraction of sp³-hybridized carbons (Fsp3) is 0.364. The summed E-state index contributed by atoms with van der Waals surface area (Å²) in [4.78, 5) is 4.05. The molecule has 2 heterocycles. The molecular formula is C22H28N4O4. The van der Waals surface area contributed by atoms with Crippen molar-refractivity contribution in [2.24, 2.45) is 10.3 Å². The predicted octanol–water partition coefficient (Wildman–Crippen LogP) is 2.31. The van der Waals surface area contributed by atoms with Gasteiger partial charge in [0.15, 0.2) is 11.7 Å². The molecule has 0 bridgehead atoms. The molecule has 160 valence electrons. The first kappa shape index (κ1) is 21.6. The van der Waals surface area contributed by atoms with Crippen LogP contribution in [0.2, 0.25) is 0 Å². The van der Waals surface area contributed by atoms with Gasteiger partial charge in [-0.15, -0.1) is 0 Å². The second kappa shape index (κ2) is 11.8. The smallest absolute Gasteiger partial charge is 0.175 e. The standard InChI is InChI=1S/2C11H14N2O2/c2*14-12-11(10-4-2-1-3-5-10)13-6-8-15-9-7-13/h2*1-5,14H,6-9H2/b2*12-11+. The van der Waals surface area contributed by atoms with Crippen molar-refractivity contribution >= 4 is 11.7 Å². The number of nitrogens with zero attached hydrogens (tertiary/aromatic N) is 4. The molecule has 0 unspecified atom stereocenters. The van der Waals surface area contributed by atoms with Crippen molar-refractivity contribution in [1.82, 2.24) is 9.80 Å². The zero-order valence-electron chi connectivity index (χ0n) is 16.9. The largest absolute Gasteiger partial charge is 0.409 e. The van der Waals surface area contributed by atoms with Gasteiger partial charge in [-0.05, 0) is 0 Å². The Labute approximate surface area is 176 Å². The number of ether oxygens (including phenoxy) is 2. The predicted molar refractivity (Wildman–Crippen MR) is 114 cm³/mol. The normalized spacial score (nSPS) is 17.9. The van der Waals surface area contributed by atoms with Gasteiger partial charge in [0, 0.05) is 37.3 Å². The first-order valence-electron chi connectivity index (χ1n) is 10.0. The molecule has 4 rings (SSSR count). The number of morpholine rings is 2. The maximum absolute atomic E-state index is 9.04. The third kappa shape index (κ3) is 5.95. The van der Waals surface area contributed by atoms with Crippen LogP contribution >= 0.6 is 0 Å². The van der Waals surface area contributed by atoms with Crippen LogP contribution in [0.5, 0.6) is 0 Å². The number of hydrogen-bond donors (Lipinski definition) is 2. The summed E-state index contributed by atoms with van der Waals surface area (Å²) in [6, 6.07) is 19.4. The Morgan fingerprint density at radius 2 is 0.933 bits per heavy atom. The third-order valence-electron chi connectivity index (χ3n) is 4.87. The summed E-state index contributed by atoms with van der Waals surface area (Å²) in [7, 11) is 0. The van der Waals surface area contributed by atoms with E-state index in [1.807, 2.05) is 70.5 Å². The number of benzene rings is 2. The second-order valence-corrected chi connectivity index (χ2v) is 6.78. The molecule has 0 spiro atoms. The van der Waals surface area contributed by atoms with Crippen molar-refractivity contribution in [3.05, 3.63) is 71.8 Å². The summed E-state index contributed by atoms with van der Waals surface area (Å²) in [5, 5.41) is 24.8. The molecule has 8 heteroatoms. The Morgan fingerprint density at radius 1 is 0.600 bits per heavy atom. The third-order valence-corrected chi connectivity index (χ3v) is 4.87. The SMILES string of the molecule is O/N=C(\c1ccccc1)N1CCOCC1.O/N=C(\c1ccccc1)N1CCOCC1. The first-order chi connectivity index (χ1) is 14.8. The molecular weight excluding hydrogens is 384 g/mol. The summed E-state index contributed by atoms with van der Waals surface area (Å²) in [5.41, 5.74) is 1.86. The van der Waals surface area contributed by atoms with Gasteiger partial charge in [0.1, 0.15) is 0 Å². The van der Waals surface area contributed by atoms with E-state index in [0.29, 0.717) is 38.1 Å². The van der Waals surface area contributed by atoms with Gasteiger partial charge in [0.25, 0.3) is 0 Å². The highest BCUT2D eigenvalue weighted by atomic mass is 16.5. The number of rotatable bonds is 2. The lowest BCUT2D eigenvalue weighted by Crippen LogP contribution is -2.41. The van der Waals surface area contributed by atoms with E-state index in [9.17, 15) is 0 Å². The van der Waals surface area contributed by atoms with E-state index in [2.05, 4.69) is 10.3 Å². The van der Waals surface area contributed by atoms with Crippen LogP contribution in [0, 0.1) is 0 Å². The zero-order chi connectivity index (χ0) is 21.0. The van der Waals surface area contributed by atoms with Gasteiger partial charge in [-0.3, -0.25) is 0 Å². The number of oxime groups is 2. The van der Waals surface area contributed by atoms with Gasteiger partial charge >= 0.3 is 0 Å².